The van der Waals surface area contributed by atoms with E-state index in [1.807, 2.05) is 13.8 Å². The minimum atomic E-state index is -4.09. The van der Waals surface area contributed by atoms with Crippen molar-refractivity contribution in [2.45, 2.75) is 69.2 Å². The van der Waals surface area contributed by atoms with Crippen molar-refractivity contribution in [3.05, 3.63) is 48.0 Å². The van der Waals surface area contributed by atoms with Crippen molar-refractivity contribution >= 4 is 22.2 Å². The van der Waals surface area contributed by atoms with Crippen LogP contribution in [0.1, 0.15) is 32.8 Å². The average Bonchev–Trinajstić information content (AvgIpc) is 3.82. The highest BCUT2D eigenvalue weighted by molar-refractivity contribution is 7.89. The molecule has 2 saturated heterocycles. The molecule has 0 aromatic heterocycles. The van der Waals surface area contributed by atoms with Gasteiger partial charge >= 0.3 is 12.2 Å². The number of aliphatic hydroxyl groups is 1. The Hall–Kier alpha value is -3.83. The van der Waals surface area contributed by atoms with E-state index in [-0.39, 0.29) is 62.3 Å². The summed E-state index contributed by atoms with van der Waals surface area (Å²) in [6.07, 6.45) is -3.09. The van der Waals surface area contributed by atoms with Crippen LogP contribution in [-0.4, -0.2) is 107 Å². The lowest BCUT2D eigenvalue weighted by Crippen LogP contribution is -2.51. The van der Waals surface area contributed by atoms with Gasteiger partial charge in [0.25, 0.3) is 0 Å². The van der Waals surface area contributed by atoms with Gasteiger partial charge in [0, 0.05) is 19.2 Å². The summed E-state index contributed by atoms with van der Waals surface area (Å²) in [4.78, 5) is 24.6. The van der Waals surface area contributed by atoms with Crippen molar-refractivity contribution in [2.24, 2.45) is 11.8 Å². The SMILES string of the molecule is COC(=O)NCC(C)Oc1ccc(C[C@H](NC(=O)O[C@H]2CO[C@H]3OCC[C@H]32)[C@H](O)CN(CC(C)C)S(=O)(=O)c2ccc3c(c2)OCO3)cc1. The van der Waals surface area contributed by atoms with Crippen LogP contribution in [0.4, 0.5) is 9.59 Å². The maximum absolute atomic E-state index is 13.9. The van der Waals surface area contributed by atoms with Gasteiger partial charge < -0.3 is 48.9 Å². The van der Waals surface area contributed by atoms with Crippen LogP contribution in [0.15, 0.2) is 47.4 Å². The third kappa shape index (κ3) is 9.45. The number of nitrogens with one attached hydrogen (secondary N) is 2. The largest absolute Gasteiger partial charge is 0.489 e. The van der Waals surface area contributed by atoms with Crippen molar-refractivity contribution in [2.75, 3.05) is 46.8 Å². The van der Waals surface area contributed by atoms with Crippen LogP contribution >= 0.6 is 0 Å². The number of carbonyl (C=O) groups excluding carboxylic acids is 2. The van der Waals surface area contributed by atoms with E-state index < -0.39 is 46.7 Å². The third-order valence-electron chi connectivity index (χ3n) is 8.39. The Bertz CT molecular complexity index is 1540. The number of aliphatic hydroxyl groups excluding tert-OH is 1. The minimum Gasteiger partial charge on any atom is -0.489 e. The first-order valence-corrected chi connectivity index (χ1v) is 17.7. The number of benzene rings is 2. The Labute approximate surface area is 286 Å². The van der Waals surface area contributed by atoms with E-state index in [9.17, 15) is 23.1 Å². The van der Waals surface area contributed by atoms with E-state index in [0.717, 1.165) is 5.56 Å². The number of rotatable bonds is 15. The molecule has 0 saturated carbocycles. The van der Waals surface area contributed by atoms with Gasteiger partial charge in [-0.2, -0.15) is 4.31 Å². The number of fused-ring (bicyclic) bond motifs is 2. The van der Waals surface area contributed by atoms with Crippen LogP contribution < -0.4 is 24.8 Å². The van der Waals surface area contributed by atoms with Crippen LogP contribution in [0.3, 0.4) is 0 Å². The number of hydrogen-bond acceptors (Lipinski definition) is 12. The lowest BCUT2D eigenvalue weighted by Gasteiger charge is -2.31. The number of carbonyl (C=O) groups is 2. The quantitative estimate of drug-likeness (QED) is 0.247. The fourth-order valence-corrected chi connectivity index (χ4v) is 7.52. The molecule has 0 bridgehead atoms. The molecule has 3 aliphatic rings. The molecular formula is C33H45N3O12S. The fraction of sp³-hybridized carbons (Fsp3) is 0.576. The molecule has 16 heteroatoms. The summed E-state index contributed by atoms with van der Waals surface area (Å²) in [7, 11) is -2.81. The van der Waals surface area contributed by atoms with Crippen LogP contribution in [0.2, 0.25) is 0 Å². The Morgan fingerprint density at radius 1 is 1.02 bits per heavy atom. The predicted molar refractivity (Wildman–Crippen MR) is 174 cm³/mol. The van der Waals surface area contributed by atoms with Crippen molar-refractivity contribution in [3.63, 3.8) is 0 Å². The Balaban J connectivity index is 1.31. The molecular weight excluding hydrogens is 662 g/mol. The highest BCUT2D eigenvalue weighted by Gasteiger charge is 2.44. The van der Waals surface area contributed by atoms with Crippen LogP contribution in [0.5, 0.6) is 17.2 Å². The zero-order valence-corrected chi connectivity index (χ0v) is 28.8. The molecule has 15 nitrogen and oxygen atoms in total. The number of amides is 2. The number of hydrogen-bond donors (Lipinski definition) is 3. The topological polar surface area (TPSA) is 180 Å². The third-order valence-corrected chi connectivity index (χ3v) is 10.2. The van der Waals surface area contributed by atoms with Crippen molar-refractivity contribution in [1.29, 1.82) is 0 Å². The summed E-state index contributed by atoms with van der Waals surface area (Å²) < 4.78 is 67.1. The second kappa shape index (κ2) is 16.3. The van der Waals surface area contributed by atoms with E-state index in [1.54, 1.807) is 31.2 Å². The summed E-state index contributed by atoms with van der Waals surface area (Å²) in [6.45, 7) is 6.29. The van der Waals surface area contributed by atoms with Gasteiger partial charge in [0.1, 0.15) is 18.0 Å². The first kappa shape index (κ1) is 36.5. The average molecular weight is 708 g/mol. The maximum Gasteiger partial charge on any atom is 0.407 e. The number of ether oxygens (including phenoxy) is 7. The maximum atomic E-state index is 13.9. The summed E-state index contributed by atoms with van der Waals surface area (Å²) >= 11 is 0. The molecule has 3 aliphatic heterocycles. The smallest absolute Gasteiger partial charge is 0.407 e. The van der Waals surface area contributed by atoms with Gasteiger partial charge in [-0.1, -0.05) is 26.0 Å². The molecule has 0 aliphatic carbocycles. The van der Waals surface area contributed by atoms with E-state index in [2.05, 4.69) is 15.4 Å². The Morgan fingerprint density at radius 3 is 2.51 bits per heavy atom. The number of alkyl carbamates (subject to hydrolysis) is 2. The Morgan fingerprint density at radius 2 is 1.78 bits per heavy atom. The first-order chi connectivity index (χ1) is 23.4. The van der Waals surface area contributed by atoms with Crippen molar-refractivity contribution in [1.82, 2.24) is 14.9 Å². The summed E-state index contributed by atoms with van der Waals surface area (Å²) in [5.41, 5.74) is 0.736. The van der Waals surface area contributed by atoms with E-state index in [4.69, 9.17) is 28.4 Å². The highest BCUT2D eigenvalue weighted by Crippen LogP contribution is 2.35. The van der Waals surface area contributed by atoms with E-state index >= 15 is 0 Å². The van der Waals surface area contributed by atoms with Crippen LogP contribution in [0.25, 0.3) is 0 Å². The number of sulfonamides is 1. The zero-order chi connectivity index (χ0) is 35.1. The molecule has 270 valence electrons. The van der Waals surface area contributed by atoms with Crippen molar-refractivity contribution in [3.8, 4) is 17.2 Å². The molecule has 5 rings (SSSR count). The zero-order valence-electron chi connectivity index (χ0n) is 28.0. The number of nitrogens with zero attached hydrogens (tertiary/aromatic N) is 1. The molecule has 0 spiro atoms. The van der Waals surface area contributed by atoms with Gasteiger partial charge in [-0.05, 0) is 55.5 Å². The molecule has 2 amide bonds. The first-order valence-electron chi connectivity index (χ1n) is 16.3. The monoisotopic (exact) mass is 707 g/mol. The Kier molecular flexibility index (Phi) is 12.1. The molecule has 2 aromatic rings. The molecule has 0 radical (unpaired) electrons. The normalized spacial score (nSPS) is 21.6. The fourth-order valence-electron chi connectivity index (χ4n) is 5.89. The molecule has 2 fully saturated rings. The second-order valence-electron chi connectivity index (χ2n) is 12.7. The molecule has 3 heterocycles. The molecule has 1 unspecified atom stereocenters. The standard InChI is InChI=1S/C33H45N3O12S/c1-20(2)16-36(49(40,41)24-9-10-28-29(14-24)46-19-45-28)17-27(37)26(35-33(39)48-30-18-44-31-25(30)11-12-43-31)13-22-5-7-23(8-6-22)47-21(3)15-34-32(38)42-4/h5-10,14,20-21,25-27,30-31,37H,11-13,15-19H2,1-4H3,(H,34,38)(H,35,39)/t21?,25-,26-,27+,30-,31+/m0/s1. The summed E-state index contributed by atoms with van der Waals surface area (Å²) in [5, 5.41) is 17.0. The van der Waals surface area contributed by atoms with Gasteiger partial charge in [-0.15, -0.1) is 0 Å². The van der Waals surface area contributed by atoms with Gasteiger partial charge in [-0.3, -0.25) is 0 Å². The number of methoxy groups -OCH3 is 1. The van der Waals surface area contributed by atoms with Gasteiger partial charge in [0.05, 0.1) is 49.8 Å². The van der Waals surface area contributed by atoms with Crippen molar-refractivity contribution < 1.29 is 56.3 Å². The van der Waals surface area contributed by atoms with Crippen LogP contribution in [0, 0.1) is 11.8 Å². The second-order valence-corrected chi connectivity index (χ2v) is 14.6. The van der Waals surface area contributed by atoms with Gasteiger partial charge in [0.15, 0.2) is 17.8 Å². The lowest BCUT2D eigenvalue weighted by atomic mass is 10.0. The van der Waals surface area contributed by atoms with Crippen LogP contribution in [-0.2, 0) is 35.4 Å². The predicted octanol–water partition coefficient (Wildman–Crippen LogP) is 2.65. The van der Waals surface area contributed by atoms with Gasteiger partial charge in [-0.25, -0.2) is 18.0 Å². The van der Waals surface area contributed by atoms with E-state index in [1.165, 1.54) is 29.6 Å². The molecule has 6 atom stereocenters. The minimum absolute atomic E-state index is 0.00313. The lowest BCUT2D eigenvalue weighted by molar-refractivity contribution is -0.0907. The van der Waals surface area contributed by atoms with E-state index in [0.29, 0.717) is 30.3 Å². The summed E-state index contributed by atoms with van der Waals surface area (Å²) in [5.74, 6) is 1.15. The molecule has 3 N–H and O–H groups in total. The van der Waals surface area contributed by atoms with Gasteiger partial charge in [0.2, 0.25) is 16.8 Å². The summed E-state index contributed by atoms with van der Waals surface area (Å²) in [6, 6.07) is 10.5. The molecule has 2 aromatic carbocycles. The highest BCUT2D eigenvalue weighted by atomic mass is 32.2. The molecule has 49 heavy (non-hydrogen) atoms.